The van der Waals surface area contributed by atoms with Gasteiger partial charge in [0.05, 0.1) is 6.61 Å². The van der Waals surface area contributed by atoms with E-state index in [-0.39, 0.29) is 18.3 Å². The first-order valence-electron chi connectivity index (χ1n) is 7.90. The van der Waals surface area contributed by atoms with Gasteiger partial charge in [-0.25, -0.2) is 4.68 Å². The minimum absolute atomic E-state index is 0.185. The molecule has 1 heterocycles. The number of aromatic nitrogens is 4. The van der Waals surface area contributed by atoms with Gasteiger partial charge < -0.3 is 10.1 Å². The van der Waals surface area contributed by atoms with Crippen LogP contribution in [0.5, 0.6) is 0 Å². The minimum Gasteiger partial charge on any atom is -0.466 e. The number of nitrogens with one attached hydrogen (secondary N) is 1. The van der Waals surface area contributed by atoms with Gasteiger partial charge in [-0.05, 0) is 29.3 Å². The molecule has 0 saturated heterocycles. The average molecular weight is 331 g/mol. The molecule has 1 atom stereocenters. The maximum atomic E-state index is 12.5. The van der Waals surface area contributed by atoms with Gasteiger partial charge in [-0.1, -0.05) is 30.3 Å². The molecule has 1 unspecified atom stereocenters. The summed E-state index contributed by atoms with van der Waals surface area (Å²) >= 11 is 0. The van der Waals surface area contributed by atoms with Gasteiger partial charge in [-0.3, -0.25) is 9.59 Å². The SMILES string of the molecule is CCOC(=O)CCCNC(=O)C(Cc1ccccc1)n1cnnn1. The van der Waals surface area contributed by atoms with Crippen molar-refractivity contribution in [3.8, 4) is 0 Å². The molecule has 2 aromatic rings. The molecule has 0 bridgehead atoms. The fourth-order valence-electron chi connectivity index (χ4n) is 2.25. The van der Waals surface area contributed by atoms with Crippen molar-refractivity contribution in [3.63, 3.8) is 0 Å². The lowest BCUT2D eigenvalue weighted by atomic mass is 10.1. The molecule has 0 aliphatic rings. The van der Waals surface area contributed by atoms with Crippen LogP contribution in [0.25, 0.3) is 0 Å². The van der Waals surface area contributed by atoms with Crippen LogP contribution in [-0.2, 0) is 20.7 Å². The number of carbonyl (C=O) groups excluding carboxylic acids is 2. The monoisotopic (exact) mass is 331 g/mol. The molecule has 1 N–H and O–H groups in total. The van der Waals surface area contributed by atoms with Crippen molar-refractivity contribution in [2.75, 3.05) is 13.2 Å². The zero-order valence-electron chi connectivity index (χ0n) is 13.6. The molecule has 0 spiro atoms. The van der Waals surface area contributed by atoms with E-state index in [0.29, 0.717) is 26.0 Å². The minimum atomic E-state index is -0.537. The third-order valence-electron chi connectivity index (χ3n) is 3.42. The number of hydrogen-bond donors (Lipinski definition) is 1. The number of nitrogens with zero attached hydrogens (tertiary/aromatic N) is 4. The van der Waals surface area contributed by atoms with Crippen LogP contribution in [0.2, 0.25) is 0 Å². The topological polar surface area (TPSA) is 99.0 Å². The summed E-state index contributed by atoms with van der Waals surface area (Å²) in [7, 11) is 0. The fourth-order valence-corrected chi connectivity index (χ4v) is 2.25. The Labute approximate surface area is 140 Å². The summed E-state index contributed by atoms with van der Waals surface area (Å²) in [5.41, 5.74) is 1.01. The molecule has 1 aromatic heterocycles. The van der Waals surface area contributed by atoms with Gasteiger partial charge in [0.2, 0.25) is 5.91 Å². The van der Waals surface area contributed by atoms with E-state index in [0.717, 1.165) is 5.56 Å². The molecule has 0 radical (unpaired) electrons. The van der Waals surface area contributed by atoms with E-state index in [1.165, 1.54) is 11.0 Å². The number of hydrogen-bond acceptors (Lipinski definition) is 6. The molecule has 128 valence electrons. The normalized spacial score (nSPS) is 11.7. The van der Waals surface area contributed by atoms with E-state index in [1.807, 2.05) is 30.3 Å². The molecule has 1 amide bonds. The van der Waals surface area contributed by atoms with Gasteiger partial charge in [0.15, 0.2) is 0 Å². The van der Waals surface area contributed by atoms with E-state index in [1.54, 1.807) is 6.92 Å². The van der Waals surface area contributed by atoms with Gasteiger partial charge >= 0.3 is 5.97 Å². The Balaban J connectivity index is 1.90. The van der Waals surface area contributed by atoms with E-state index in [9.17, 15) is 9.59 Å². The van der Waals surface area contributed by atoms with Gasteiger partial charge in [-0.2, -0.15) is 0 Å². The average Bonchev–Trinajstić information content (AvgIpc) is 3.12. The summed E-state index contributed by atoms with van der Waals surface area (Å²) in [6.07, 6.45) is 2.71. The van der Waals surface area contributed by atoms with Crippen molar-refractivity contribution in [3.05, 3.63) is 42.2 Å². The molecular formula is C16H21N5O3. The number of ether oxygens (including phenoxy) is 1. The Morgan fingerprint density at radius 2 is 2.08 bits per heavy atom. The fraction of sp³-hybridized carbons (Fsp3) is 0.438. The van der Waals surface area contributed by atoms with Crippen molar-refractivity contribution in [1.29, 1.82) is 0 Å². The Morgan fingerprint density at radius 3 is 2.75 bits per heavy atom. The zero-order chi connectivity index (χ0) is 17.2. The van der Waals surface area contributed by atoms with E-state index in [2.05, 4.69) is 20.8 Å². The highest BCUT2D eigenvalue weighted by atomic mass is 16.5. The second-order valence-corrected chi connectivity index (χ2v) is 5.19. The molecular weight excluding hydrogens is 310 g/mol. The van der Waals surface area contributed by atoms with Crippen molar-refractivity contribution >= 4 is 11.9 Å². The van der Waals surface area contributed by atoms with Crippen LogP contribution in [-0.4, -0.2) is 45.2 Å². The van der Waals surface area contributed by atoms with Crippen LogP contribution in [0.15, 0.2) is 36.7 Å². The van der Waals surface area contributed by atoms with E-state index >= 15 is 0 Å². The Bertz CT molecular complexity index is 630. The maximum absolute atomic E-state index is 12.5. The van der Waals surface area contributed by atoms with Crippen molar-refractivity contribution in [1.82, 2.24) is 25.5 Å². The summed E-state index contributed by atoms with van der Waals surface area (Å²) in [6, 6.07) is 9.12. The first-order chi connectivity index (χ1) is 11.7. The van der Waals surface area contributed by atoms with Gasteiger partial charge in [0.1, 0.15) is 12.4 Å². The maximum Gasteiger partial charge on any atom is 0.305 e. The van der Waals surface area contributed by atoms with Crippen LogP contribution in [0.3, 0.4) is 0 Å². The Morgan fingerprint density at radius 1 is 1.29 bits per heavy atom. The smallest absolute Gasteiger partial charge is 0.305 e. The summed E-state index contributed by atoms with van der Waals surface area (Å²) in [5.74, 6) is -0.442. The van der Waals surface area contributed by atoms with Gasteiger partial charge in [-0.15, -0.1) is 5.10 Å². The lowest BCUT2D eigenvalue weighted by Crippen LogP contribution is -2.35. The zero-order valence-corrected chi connectivity index (χ0v) is 13.6. The summed E-state index contributed by atoms with van der Waals surface area (Å²) in [5, 5.41) is 13.9. The van der Waals surface area contributed by atoms with Crippen molar-refractivity contribution < 1.29 is 14.3 Å². The number of esters is 1. The van der Waals surface area contributed by atoms with Crippen molar-refractivity contribution in [2.45, 2.75) is 32.2 Å². The van der Waals surface area contributed by atoms with Gasteiger partial charge in [0, 0.05) is 19.4 Å². The number of rotatable bonds is 9. The number of benzene rings is 1. The molecule has 0 aliphatic carbocycles. The highest BCUT2D eigenvalue weighted by Crippen LogP contribution is 2.13. The lowest BCUT2D eigenvalue weighted by Gasteiger charge is -2.16. The molecule has 2 rings (SSSR count). The molecule has 1 aromatic carbocycles. The van der Waals surface area contributed by atoms with Gasteiger partial charge in [0.25, 0.3) is 0 Å². The quantitative estimate of drug-likeness (QED) is 0.542. The van der Waals surface area contributed by atoms with Crippen LogP contribution >= 0.6 is 0 Å². The summed E-state index contributed by atoms with van der Waals surface area (Å²) < 4.78 is 6.29. The van der Waals surface area contributed by atoms with Crippen LogP contribution in [0.1, 0.15) is 31.4 Å². The number of carbonyl (C=O) groups is 2. The largest absolute Gasteiger partial charge is 0.466 e. The molecule has 0 fully saturated rings. The highest BCUT2D eigenvalue weighted by molar-refractivity contribution is 5.80. The number of amides is 1. The predicted molar refractivity (Wildman–Crippen MR) is 85.9 cm³/mol. The lowest BCUT2D eigenvalue weighted by molar-refractivity contribution is -0.143. The van der Waals surface area contributed by atoms with Crippen LogP contribution in [0.4, 0.5) is 0 Å². The van der Waals surface area contributed by atoms with E-state index < -0.39 is 6.04 Å². The summed E-state index contributed by atoms with van der Waals surface area (Å²) in [4.78, 5) is 23.8. The molecule has 8 nitrogen and oxygen atoms in total. The first-order valence-corrected chi connectivity index (χ1v) is 7.90. The second-order valence-electron chi connectivity index (χ2n) is 5.19. The summed E-state index contributed by atoms with van der Waals surface area (Å²) in [6.45, 7) is 2.52. The molecule has 0 aliphatic heterocycles. The Hall–Kier alpha value is -2.77. The van der Waals surface area contributed by atoms with Crippen molar-refractivity contribution in [2.24, 2.45) is 0 Å². The van der Waals surface area contributed by atoms with E-state index in [4.69, 9.17) is 4.74 Å². The predicted octanol–water partition coefficient (Wildman–Crippen LogP) is 0.916. The third-order valence-corrected chi connectivity index (χ3v) is 3.42. The Kier molecular flexibility index (Phi) is 6.88. The number of tetrazole rings is 1. The third kappa shape index (κ3) is 5.45. The second kappa shape index (κ2) is 9.39. The molecule has 8 heteroatoms. The highest BCUT2D eigenvalue weighted by Gasteiger charge is 2.21. The standard InChI is InChI=1S/C16H21N5O3/c1-2-24-15(22)9-6-10-17-16(23)14(21-12-18-19-20-21)11-13-7-4-3-5-8-13/h3-5,7-8,12,14H,2,6,9-11H2,1H3,(H,17,23). The molecule has 24 heavy (non-hydrogen) atoms. The van der Waals surface area contributed by atoms with Crippen LogP contribution in [0, 0.1) is 0 Å². The first kappa shape index (κ1) is 17.6. The molecule has 0 saturated carbocycles. The van der Waals surface area contributed by atoms with Crippen LogP contribution < -0.4 is 5.32 Å².